The van der Waals surface area contributed by atoms with E-state index in [-0.39, 0.29) is 0 Å². The summed E-state index contributed by atoms with van der Waals surface area (Å²) in [6.07, 6.45) is 0. The number of methoxy groups -OCH3 is 1. The van der Waals surface area contributed by atoms with Crippen LogP contribution in [0.5, 0.6) is 5.75 Å². The van der Waals surface area contributed by atoms with E-state index in [2.05, 4.69) is 36.0 Å². The summed E-state index contributed by atoms with van der Waals surface area (Å²) < 4.78 is 7.41. The molecule has 1 aromatic carbocycles. The Hall–Kier alpha value is -1.16. The lowest BCUT2D eigenvalue weighted by atomic mass is 10.3. The molecule has 16 heavy (non-hydrogen) atoms. The molecule has 1 heterocycles. The van der Waals surface area contributed by atoms with Gasteiger partial charge in [0.15, 0.2) is 0 Å². The number of ether oxygens (including phenoxy) is 1. The first-order chi connectivity index (χ1) is 7.67. The van der Waals surface area contributed by atoms with Crippen LogP contribution < -0.4 is 4.74 Å². The number of nitrogens with zero attached hydrogens (tertiary/aromatic N) is 2. The topological polar surface area (TPSA) is 27.1 Å². The lowest BCUT2D eigenvalue weighted by molar-refractivity contribution is 0.415. The van der Waals surface area contributed by atoms with Crippen molar-refractivity contribution in [3.05, 3.63) is 24.0 Å². The van der Waals surface area contributed by atoms with Gasteiger partial charge in [-0.1, -0.05) is 0 Å². The van der Waals surface area contributed by atoms with Gasteiger partial charge in [-0.3, -0.25) is 0 Å². The first-order valence-electron chi connectivity index (χ1n) is 5.33. The normalized spacial score (nSPS) is 11.3. The first kappa shape index (κ1) is 11.3. The van der Waals surface area contributed by atoms with E-state index in [0.29, 0.717) is 11.8 Å². The number of thiol groups is 1. The fourth-order valence-corrected chi connectivity index (χ4v) is 2.17. The van der Waals surface area contributed by atoms with Gasteiger partial charge in [0.05, 0.1) is 18.1 Å². The third kappa shape index (κ3) is 1.78. The molecule has 0 fully saturated rings. The summed E-state index contributed by atoms with van der Waals surface area (Å²) in [7, 11) is 1.67. The van der Waals surface area contributed by atoms with E-state index >= 15 is 0 Å². The maximum absolute atomic E-state index is 5.20. The molecular formula is C12H16N2OS. The second kappa shape index (κ2) is 4.37. The lowest BCUT2D eigenvalue weighted by Crippen LogP contribution is -2.04. The molecule has 0 amide bonds. The average molecular weight is 236 g/mol. The molecule has 2 aromatic rings. The fraction of sp³-hybridized carbons (Fsp3) is 0.417. The van der Waals surface area contributed by atoms with Crippen LogP contribution in [-0.2, 0) is 5.75 Å². The molecule has 0 unspecified atom stereocenters. The van der Waals surface area contributed by atoms with E-state index in [1.54, 1.807) is 7.11 Å². The SMILES string of the molecule is COc1ccc2c(c1)nc(CS)n2C(C)C. The molecule has 0 spiro atoms. The minimum atomic E-state index is 0.389. The Morgan fingerprint density at radius 2 is 2.19 bits per heavy atom. The van der Waals surface area contributed by atoms with Gasteiger partial charge in [0.2, 0.25) is 0 Å². The van der Waals surface area contributed by atoms with Gasteiger partial charge in [-0.15, -0.1) is 0 Å². The number of hydrogen-bond donors (Lipinski definition) is 1. The predicted molar refractivity (Wildman–Crippen MR) is 69.4 cm³/mol. The summed E-state index contributed by atoms with van der Waals surface area (Å²) in [4.78, 5) is 4.57. The zero-order valence-electron chi connectivity index (χ0n) is 9.77. The van der Waals surface area contributed by atoms with E-state index in [1.807, 2.05) is 18.2 Å². The Labute approximate surface area is 101 Å². The zero-order chi connectivity index (χ0) is 11.7. The van der Waals surface area contributed by atoms with Crippen molar-refractivity contribution in [3.63, 3.8) is 0 Å². The Bertz CT molecular complexity index is 505. The van der Waals surface area contributed by atoms with Crippen LogP contribution in [0.2, 0.25) is 0 Å². The van der Waals surface area contributed by atoms with Gasteiger partial charge in [-0.05, 0) is 26.0 Å². The molecule has 2 rings (SSSR count). The van der Waals surface area contributed by atoms with Crippen molar-refractivity contribution in [2.45, 2.75) is 25.6 Å². The summed E-state index contributed by atoms with van der Waals surface area (Å²) in [5.74, 6) is 2.49. The maximum atomic E-state index is 5.20. The van der Waals surface area contributed by atoms with Gasteiger partial charge >= 0.3 is 0 Å². The molecule has 0 aliphatic carbocycles. The van der Waals surface area contributed by atoms with Crippen molar-refractivity contribution in [1.29, 1.82) is 0 Å². The molecule has 0 atom stereocenters. The van der Waals surface area contributed by atoms with Crippen LogP contribution in [0, 0.1) is 0 Å². The van der Waals surface area contributed by atoms with Crippen molar-refractivity contribution in [2.24, 2.45) is 0 Å². The minimum Gasteiger partial charge on any atom is -0.497 e. The molecule has 0 saturated carbocycles. The molecule has 4 heteroatoms. The molecular weight excluding hydrogens is 220 g/mol. The quantitative estimate of drug-likeness (QED) is 0.829. The first-order valence-corrected chi connectivity index (χ1v) is 5.96. The van der Waals surface area contributed by atoms with Crippen LogP contribution in [0.3, 0.4) is 0 Å². The number of rotatable bonds is 3. The Kier molecular flexibility index (Phi) is 3.10. The maximum Gasteiger partial charge on any atom is 0.121 e. The van der Waals surface area contributed by atoms with E-state index in [0.717, 1.165) is 22.6 Å². The summed E-state index contributed by atoms with van der Waals surface area (Å²) in [6.45, 7) is 4.30. The van der Waals surface area contributed by atoms with Crippen LogP contribution in [0.4, 0.5) is 0 Å². The van der Waals surface area contributed by atoms with E-state index in [1.165, 1.54) is 0 Å². The Morgan fingerprint density at radius 3 is 2.75 bits per heavy atom. The van der Waals surface area contributed by atoms with Crippen LogP contribution in [0.1, 0.15) is 25.7 Å². The van der Waals surface area contributed by atoms with Crippen LogP contribution in [0.15, 0.2) is 18.2 Å². The lowest BCUT2D eigenvalue weighted by Gasteiger charge is -2.11. The molecule has 0 bridgehead atoms. The highest BCUT2D eigenvalue weighted by molar-refractivity contribution is 7.79. The third-order valence-corrected chi connectivity index (χ3v) is 2.91. The van der Waals surface area contributed by atoms with Crippen LogP contribution in [-0.4, -0.2) is 16.7 Å². The monoisotopic (exact) mass is 236 g/mol. The Morgan fingerprint density at radius 1 is 1.44 bits per heavy atom. The van der Waals surface area contributed by atoms with E-state index in [9.17, 15) is 0 Å². The van der Waals surface area contributed by atoms with Crippen molar-refractivity contribution in [2.75, 3.05) is 7.11 Å². The molecule has 1 aromatic heterocycles. The van der Waals surface area contributed by atoms with E-state index in [4.69, 9.17) is 4.74 Å². The van der Waals surface area contributed by atoms with Crippen molar-refractivity contribution in [3.8, 4) is 5.75 Å². The van der Waals surface area contributed by atoms with Gasteiger partial charge in [0, 0.05) is 17.9 Å². The Balaban J connectivity index is 2.67. The summed E-state index contributed by atoms with van der Waals surface area (Å²) in [5, 5.41) is 0. The zero-order valence-corrected chi connectivity index (χ0v) is 10.7. The number of imidazole rings is 1. The number of fused-ring (bicyclic) bond motifs is 1. The molecule has 0 aliphatic rings. The van der Waals surface area contributed by atoms with Crippen LogP contribution in [0.25, 0.3) is 11.0 Å². The van der Waals surface area contributed by atoms with Crippen LogP contribution >= 0.6 is 12.6 Å². The molecule has 3 nitrogen and oxygen atoms in total. The second-order valence-electron chi connectivity index (χ2n) is 4.00. The van der Waals surface area contributed by atoms with Gasteiger partial charge in [0.1, 0.15) is 11.6 Å². The highest BCUT2D eigenvalue weighted by Gasteiger charge is 2.12. The molecule has 0 saturated heterocycles. The van der Waals surface area contributed by atoms with Gasteiger partial charge in [-0.25, -0.2) is 4.98 Å². The fourth-order valence-electron chi connectivity index (χ4n) is 1.94. The van der Waals surface area contributed by atoms with Crippen molar-refractivity contribution >= 4 is 23.7 Å². The highest BCUT2D eigenvalue weighted by Crippen LogP contribution is 2.25. The van der Waals surface area contributed by atoms with Gasteiger partial charge < -0.3 is 9.30 Å². The highest BCUT2D eigenvalue weighted by atomic mass is 32.1. The average Bonchev–Trinajstić information content (AvgIpc) is 2.65. The minimum absolute atomic E-state index is 0.389. The number of hydrogen-bond acceptors (Lipinski definition) is 3. The molecule has 86 valence electrons. The number of benzene rings is 1. The largest absolute Gasteiger partial charge is 0.497 e. The third-order valence-electron chi connectivity index (χ3n) is 2.63. The molecule has 0 radical (unpaired) electrons. The summed E-state index contributed by atoms with van der Waals surface area (Å²) >= 11 is 4.32. The summed E-state index contributed by atoms with van der Waals surface area (Å²) in [5.41, 5.74) is 2.11. The smallest absolute Gasteiger partial charge is 0.121 e. The van der Waals surface area contributed by atoms with Gasteiger partial charge in [0.25, 0.3) is 0 Å². The summed E-state index contributed by atoms with van der Waals surface area (Å²) in [6, 6.07) is 6.36. The number of aromatic nitrogens is 2. The van der Waals surface area contributed by atoms with E-state index < -0.39 is 0 Å². The van der Waals surface area contributed by atoms with Crippen molar-refractivity contribution < 1.29 is 4.74 Å². The standard InChI is InChI=1S/C12H16N2OS/c1-8(2)14-11-5-4-9(15-3)6-10(11)13-12(14)7-16/h4-6,8,16H,7H2,1-3H3. The molecule has 0 N–H and O–H groups in total. The van der Waals surface area contributed by atoms with Gasteiger partial charge in [-0.2, -0.15) is 12.6 Å². The predicted octanol–water partition coefficient (Wildman–Crippen LogP) is 3.06. The second-order valence-corrected chi connectivity index (χ2v) is 4.32. The molecule has 0 aliphatic heterocycles. The van der Waals surface area contributed by atoms with Crippen molar-refractivity contribution in [1.82, 2.24) is 9.55 Å².